The first-order chi connectivity index (χ1) is 10.3. The Hall–Kier alpha value is -2.18. The van der Waals surface area contributed by atoms with Crippen molar-refractivity contribution < 1.29 is 18.3 Å². The fourth-order valence-electron chi connectivity index (χ4n) is 2.02. The van der Waals surface area contributed by atoms with E-state index < -0.39 is 15.7 Å². The number of aliphatic hydroxyl groups is 1. The van der Waals surface area contributed by atoms with Crippen molar-refractivity contribution >= 4 is 21.4 Å². The van der Waals surface area contributed by atoms with Crippen molar-refractivity contribution in [3.05, 3.63) is 59.2 Å². The first-order valence-electron chi connectivity index (χ1n) is 6.63. The summed E-state index contributed by atoms with van der Waals surface area (Å²) in [5.74, 6) is -0.391. The molecule has 0 atom stereocenters. The standard InChI is InChI=1S/C16H17NO4S/c1-11-6-7-14(22(2,20)21)9-15(11)16(19)17-13-5-3-4-12(8-13)10-18/h3-9,18H,10H2,1-2H3,(H,17,19). The quantitative estimate of drug-likeness (QED) is 0.904. The van der Waals surface area contributed by atoms with Crippen LogP contribution in [-0.4, -0.2) is 25.7 Å². The number of carbonyl (C=O) groups excluding carboxylic acids is 1. The number of sulfone groups is 1. The smallest absolute Gasteiger partial charge is 0.255 e. The molecule has 2 aromatic carbocycles. The fourth-order valence-corrected chi connectivity index (χ4v) is 2.67. The summed E-state index contributed by atoms with van der Waals surface area (Å²) in [7, 11) is -3.37. The van der Waals surface area contributed by atoms with Crippen molar-refractivity contribution in [2.75, 3.05) is 11.6 Å². The van der Waals surface area contributed by atoms with Crippen molar-refractivity contribution in [3.8, 4) is 0 Å². The maximum absolute atomic E-state index is 12.3. The molecule has 2 aromatic rings. The summed E-state index contributed by atoms with van der Waals surface area (Å²) in [6.45, 7) is 1.62. The summed E-state index contributed by atoms with van der Waals surface area (Å²) in [6.07, 6.45) is 1.10. The molecule has 0 radical (unpaired) electrons. The van der Waals surface area contributed by atoms with Gasteiger partial charge in [-0.05, 0) is 42.3 Å². The molecule has 0 saturated carbocycles. The topological polar surface area (TPSA) is 83.5 Å². The molecular formula is C16H17NO4S. The molecule has 5 nitrogen and oxygen atoms in total. The van der Waals surface area contributed by atoms with E-state index in [1.807, 2.05) is 0 Å². The van der Waals surface area contributed by atoms with Crippen LogP contribution >= 0.6 is 0 Å². The Morgan fingerprint density at radius 1 is 1.18 bits per heavy atom. The van der Waals surface area contributed by atoms with Crippen LogP contribution in [0.4, 0.5) is 5.69 Å². The molecule has 0 spiro atoms. The summed E-state index contributed by atoms with van der Waals surface area (Å²) in [5, 5.41) is 11.8. The third-order valence-electron chi connectivity index (χ3n) is 3.25. The lowest BCUT2D eigenvalue weighted by atomic mass is 10.1. The molecule has 0 heterocycles. The lowest BCUT2D eigenvalue weighted by Gasteiger charge is -2.10. The summed E-state index contributed by atoms with van der Waals surface area (Å²) >= 11 is 0. The maximum Gasteiger partial charge on any atom is 0.255 e. The second-order valence-corrected chi connectivity index (χ2v) is 7.08. The Morgan fingerprint density at radius 3 is 2.55 bits per heavy atom. The molecule has 0 aromatic heterocycles. The van der Waals surface area contributed by atoms with Crippen LogP contribution in [-0.2, 0) is 16.4 Å². The number of benzene rings is 2. The zero-order valence-electron chi connectivity index (χ0n) is 12.3. The van der Waals surface area contributed by atoms with Gasteiger partial charge in [-0.2, -0.15) is 0 Å². The highest BCUT2D eigenvalue weighted by molar-refractivity contribution is 7.90. The van der Waals surface area contributed by atoms with Gasteiger partial charge in [0.25, 0.3) is 5.91 Å². The van der Waals surface area contributed by atoms with Gasteiger partial charge in [0.05, 0.1) is 11.5 Å². The molecule has 0 aliphatic rings. The van der Waals surface area contributed by atoms with E-state index in [-0.39, 0.29) is 11.5 Å². The second kappa shape index (κ2) is 6.29. The third-order valence-corrected chi connectivity index (χ3v) is 4.36. The Bertz CT molecular complexity index is 813. The number of amides is 1. The van der Waals surface area contributed by atoms with Gasteiger partial charge in [-0.1, -0.05) is 18.2 Å². The monoisotopic (exact) mass is 319 g/mol. The molecular weight excluding hydrogens is 302 g/mol. The average molecular weight is 319 g/mol. The predicted octanol–water partition coefficient (Wildman–Crippen LogP) is 2.14. The predicted molar refractivity (Wildman–Crippen MR) is 84.6 cm³/mol. The highest BCUT2D eigenvalue weighted by Gasteiger charge is 2.14. The minimum absolute atomic E-state index is 0.104. The molecule has 0 saturated heterocycles. The molecule has 116 valence electrons. The summed E-state index contributed by atoms with van der Waals surface area (Å²) in [5.41, 5.74) is 2.21. The molecule has 6 heteroatoms. The Balaban J connectivity index is 2.33. The van der Waals surface area contributed by atoms with Gasteiger partial charge in [-0.25, -0.2) is 8.42 Å². The van der Waals surface area contributed by atoms with Gasteiger partial charge in [0, 0.05) is 17.5 Å². The van der Waals surface area contributed by atoms with Gasteiger partial charge in [0.15, 0.2) is 9.84 Å². The zero-order chi connectivity index (χ0) is 16.3. The van der Waals surface area contributed by atoms with Gasteiger partial charge in [0.1, 0.15) is 0 Å². The van der Waals surface area contributed by atoms with Crippen molar-refractivity contribution in [1.82, 2.24) is 0 Å². The molecule has 2 rings (SSSR count). The van der Waals surface area contributed by atoms with Crippen LogP contribution in [0.3, 0.4) is 0 Å². The number of nitrogens with one attached hydrogen (secondary N) is 1. The molecule has 0 fully saturated rings. The number of aryl methyl sites for hydroxylation is 1. The van der Waals surface area contributed by atoms with E-state index in [0.717, 1.165) is 6.26 Å². The average Bonchev–Trinajstić information content (AvgIpc) is 2.46. The molecule has 22 heavy (non-hydrogen) atoms. The first-order valence-corrected chi connectivity index (χ1v) is 8.52. The van der Waals surface area contributed by atoms with Crippen LogP contribution in [0.15, 0.2) is 47.4 Å². The van der Waals surface area contributed by atoms with Crippen molar-refractivity contribution in [2.45, 2.75) is 18.4 Å². The van der Waals surface area contributed by atoms with Crippen LogP contribution in [0.5, 0.6) is 0 Å². The first kappa shape index (κ1) is 16.2. The highest BCUT2D eigenvalue weighted by atomic mass is 32.2. The lowest BCUT2D eigenvalue weighted by molar-refractivity contribution is 0.102. The second-order valence-electron chi connectivity index (χ2n) is 5.06. The summed E-state index contributed by atoms with van der Waals surface area (Å²) in [6, 6.07) is 11.3. The Morgan fingerprint density at radius 2 is 1.91 bits per heavy atom. The van der Waals surface area contributed by atoms with Gasteiger partial charge in [-0.15, -0.1) is 0 Å². The molecule has 0 unspecified atom stereocenters. The number of hydrogen-bond acceptors (Lipinski definition) is 4. The fraction of sp³-hybridized carbons (Fsp3) is 0.188. The largest absolute Gasteiger partial charge is 0.392 e. The minimum Gasteiger partial charge on any atom is -0.392 e. The molecule has 2 N–H and O–H groups in total. The SMILES string of the molecule is Cc1ccc(S(C)(=O)=O)cc1C(=O)Nc1cccc(CO)c1. The highest BCUT2D eigenvalue weighted by Crippen LogP contribution is 2.18. The number of carbonyl (C=O) groups is 1. The number of anilines is 1. The van der Waals surface area contributed by atoms with Crippen molar-refractivity contribution in [2.24, 2.45) is 0 Å². The minimum atomic E-state index is -3.37. The molecule has 0 bridgehead atoms. The lowest BCUT2D eigenvalue weighted by Crippen LogP contribution is -2.14. The molecule has 0 aliphatic heterocycles. The van der Waals surface area contributed by atoms with Crippen LogP contribution in [0, 0.1) is 6.92 Å². The van der Waals surface area contributed by atoms with Gasteiger partial charge < -0.3 is 10.4 Å². The number of rotatable bonds is 4. The molecule has 0 aliphatic carbocycles. The third kappa shape index (κ3) is 3.72. The van der Waals surface area contributed by atoms with Gasteiger partial charge >= 0.3 is 0 Å². The summed E-state index contributed by atoms with van der Waals surface area (Å²) < 4.78 is 23.2. The number of hydrogen-bond donors (Lipinski definition) is 2. The number of aliphatic hydroxyl groups excluding tert-OH is 1. The van der Waals surface area contributed by atoms with E-state index in [4.69, 9.17) is 5.11 Å². The van der Waals surface area contributed by atoms with E-state index in [9.17, 15) is 13.2 Å². The zero-order valence-corrected chi connectivity index (χ0v) is 13.1. The van der Waals surface area contributed by atoms with E-state index in [1.165, 1.54) is 12.1 Å². The van der Waals surface area contributed by atoms with E-state index in [1.54, 1.807) is 37.3 Å². The Labute approximate surface area is 129 Å². The van der Waals surface area contributed by atoms with Crippen LogP contribution in [0.25, 0.3) is 0 Å². The Kier molecular flexibility index (Phi) is 4.63. The molecule has 1 amide bonds. The van der Waals surface area contributed by atoms with Crippen LogP contribution < -0.4 is 5.32 Å². The summed E-state index contributed by atoms with van der Waals surface area (Å²) in [4.78, 5) is 12.4. The van der Waals surface area contributed by atoms with Crippen molar-refractivity contribution in [1.29, 1.82) is 0 Å². The van der Waals surface area contributed by atoms with E-state index in [0.29, 0.717) is 22.4 Å². The van der Waals surface area contributed by atoms with Crippen molar-refractivity contribution in [3.63, 3.8) is 0 Å². The maximum atomic E-state index is 12.3. The van der Waals surface area contributed by atoms with E-state index in [2.05, 4.69) is 5.32 Å². The van der Waals surface area contributed by atoms with E-state index >= 15 is 0 Å². The van der Waals surface area contributed by atoms with Crippen LogP contribution in [0.2, 0.25) is 0 Å². The van der Waals surface area contributed by atoms with Crippen LogP contribution in [0.1, 0.15) is 21.5 Å². The van der Waals surface area contributed by atoms with Gasteiger partial charge in [-0.3, -0.25) is 4.79 Å². The normalized spacial score (nSPS) is 11.2. The van der Waals surface area contributed by atoms with Gasteiger partial charge in [0.2, 0.25) is 0 Å².